The lowest BCUT2D eigenvalue weighted by Gasteiger charge is -2.22. The molecule has 1 heterocycles. The second kappa shape index (κ2) is 8.56. The van der Waals surface area contributed by atoms with E-state index in [0.29, 0.717) is 30.6 Å². The van der Waals surface area contributed by atoms with Crippen molar-refractivity contribution in [2.45, 2.75) is 45.4 Å². The van der Waals surface area contributed by atoms with E-state index < -0.39 is 11.9 Å². The van der Waals surface area contributed by atoms with Gasteiger partial charge < -0.3 is 14.7 Å². The van der Waals surface area contributed by atoms with Crippen molar-refractivity contribution in [3.63, 3.8) is 0 Å². The Bertz CT molecular complexity index is 631. The third-order valence-corrected chi connectivity index (χ3v) is 5.84. The van der Waals surface area contributed by atoms with E-state index >= 15 is 0 Å². The number of carboxylic acids is 1. The van der Waals surface area contributed by atoms with Crippen LogP contribution in [0.3, 0.4) is 0 Å². The minimum atomic E-state index is -0.915. The van der Waals surface area contributed by atoms with Crippen LogP contribution < -0.4 is 4.74 Å². The number of carbonyl (C=O) groups is 2. The Morgan fingerprint density at radius 1 is 1.19 bits per heavy atom. The largest absolute Gasteiger partial charge is 0.494 e. The maximum atomic E-state index is 12.7. The van der Waals surface area contributed by atoms with Crippen LogP contribution in [0.15, 0.2) is 24.3 Å². The number of hydrogen-bond acceptors (Lipinski definition) is 3. The number of aliphatic carboxylic acids is 1. The molecule has 5 heteroatoms. The predicted octanol–water partition coefficient (Wildman–Crippen LogP) is 3.37. The molecule has 0 bridgehead atoms. The molecule has 0 spiro atoms. The normalized spacial score (nSPS) is 23.3. The number of para-hydroxylation sites is 1. The molecular formula is C21H29NO4. The first-order chi connectivity index (χ1) is 12.6. The molecule has 142 valence electrons. The van der Waals surface area contributed by atoms with Crippen LogP contribution in [0.1, 0.15) is 44.6 Å². The molecular weight excluding hydrogens is 330 g/mol. The zero-order chi connectivity index (χ0) is 18.5. The summed E-state index contributed by atoms with van der Waals surface area (Å²) in [5.41, 5.74) is 0.852. The molecule has 2 aliphatic rings. The number of amides is 1. The van der Waals surface area contributed by atoms with Crippen LogP contribution in [0.2, 0.25) is 0 Å². The standard InChI is InChI=1S/C21H29NO4/c1-2-26-19-10-6-5-7-15(19)11-18(21(24)25)12-20(23)22-13-16-8-3-4-9-17(16)14-22/h5-7,10,16-18H,2-4,8-9,11-14H2,1H3,(H,24,25). The molecule has 3 atom stereocenters. The lowest BCUT2D eigenvalue weighted by Crippen LogP contribution is -2.33. The summed E-state index contributed by atoms with van der Waals surface area (Å²) < 4.78 is 5.60. The van der Waals surface area contributed by atoms with Crippen molar-refractivity contribution in [2.24, 2.45) is 17.8 Å². The first kappa shape index (κ1) is 18.7. The van der Waals surface area contributed by atoms with E-state index in [1.54, 1.807) is 0 Å². The Morgan fingerprint density at radius 3 is 2.46 bits per heavy atom. The molecule has 2 fully saturated rings. The molecule has 1 saturated carbocycles. The summed E-state index contributed by atoms with van der Waals surface area (Å²) in [6.07, 6.45) is 5.31. The van der Waals surface area contributed by atoms with Gasteiger partial charge in [-0.05, 0) is 49.7 Å². The average Bonchev–Trinajstić information content (AvgIpc) is 3.07. The number of carbonyl (C=O) groups excluding carboxylic acids is 1. The molecule has 1 N–H and O–H groups in total. The van der Waals surface area contributed by atoms with Crippen LogP contribution in [0.4, 0.5) is 0 Å². The number of fused-ring (bicyclic) bond motifs is 1. The van der Waals surface area contributed by atoms with Gasteiger partial charge in [-0.2, -0.15) is 0 Å². The average molecular weight is 359 g/mol. The fourth-order valence-electron chi connectivity index (χ4n) is 4.43. The van der Waals surface area contributed by atoms with Gasteiger partial charge in [-0.3, -0.25) is 9.59 Å². The van der Waals surface area contributed by atoms with Gasteiger partial charge in [0.2, 0.25) is 5.91 Å². The van der Waals surface area contributed by atoms with Gasteiger partial charge in [0.15, 0.2) is 0 Å². The maximum Gasteiger partial charge on any atom is 0.307 e. The molecule has 1 aliphatic heterocycles. The third kappa shape index (κ3) is 4.37. The molecule has 1 aliphatic carbocycles. The maximum absolute atomic E-state index is 12.7. The molecule has 0 radical (unpaired) electrons. The lowest BCUT2D eigenvalue weighted by molar-refractivity contribution is -0.145. The zero-order valence-corrected chi connectivity index (χ0v) is 15.5. The zero-order valence-electron chi connectivity index (χ0n) is 15.5. The Labute approximate surface area is 155 Å². The number of rotatable bonds is 7. The summed E-state index contributed by atoms with van der Waals surface area (Å²) in [7, 11) is 0. The van der Waals surface area contributed by atoms with Crippen LogP contribution in [-0.4, -0.2) is 41.6 Å². The monoisotopic (exact) mass is 359 g/mol. The van der Waals surface area contributed by atoms with Gasteiger partial charge in [0.05, 0.1) is 12.5 Å². The molecule has 3 unspecified atom stereocenters. The van der Waals surface area contributed by atoms with E-state index in [0.717, 1.165) is 18.7 Å². The molecule has 1 aromatic carbocycles. The number of hydrogen-bond donors (Lipinski definition) is 1. The third-order valence-electron chi connectivity index (χ3n) is 5.84. The fraction of sp³-hybridized carbons (Fsp3) is 0.619. The van der Waals surface area contributed by atoms with Crippen molar-refractivity contribution < 1.29 is 19.4 Å². The Balaban J connectivity index is 1.64. The van der Waals surface area contributed by atoms with Crippen molar-refractivity contribution in [3.05, 3.63) is 29.8 Å². The topological polar surface area (TPSA) is 66.8 Å². The minimum absolute atomic E-state index is 0.0132. The van der Waals surface area contributed by atoms with Gasteiger partial charge in [-0.1, -0.05) is 31.0 Å². The van der Waals surface area contributed by atoms with E-state index in [1.807, 2.05) is 36.1 Å². The van der Waals surface area contributed by atoms with Crippen LogP contribution in [0, 0.1) is 17.8 Å². The van der Waals surface area contributed by atoms with Gasteiger partial charge in [0.1, 0.15) is 5.75 Å². The molecule has 1 amide bonds. The van der Waals surface area contributed by atoms with Crippen LogP contribution in [0.25, 0.3) is 0 Å². The first-order valence-electron chi connectivity index (χ1n) is 9.79. The van der Waals surface area contributed by atoms with Gasteiger partial charge in [0.25, 0.3) is 0 Å². The Kier molecular flexibility index (Phi) is 6.17. The van der Waals surface area contributed by atoms with Gasteiger partial charge in [0, 0.05) is 19.5 Å². The van der Waals surface area contributed by atoms with Crippen molar-refractivity contribution >= 4 is 11.9 Å². The van der Waals surface area contributed by atoms with Gasteiger partial charge in [-0.15, -0.1) is 0 Å². The number of likely N-dealkylation sites (tertiary alicyclic amines) is 1. The fourth-order valence-corrected chi connectivity index (χ4v) is 4.43. The summed E-state index contributed by atoms with van der Waals surface area (Å²) in [4.78, 5) is 26.4. The number of ether oxygens (including phenoxy) is 1. The van der Waals surface area contributed by atoms with E-state index in [2.05, 4.69) is 0 Å². The van der Waals surface area contributed by atoms with Crippen molar-refractivity contribution in [3.8, 4) is 5.75 Å². The van der Waals surface area contributed by atoms with Gasteiger partial charge in [-0.25, -0.2) is 0 Å². The Hall–Kier alpha value is -2.04. The number of carboxylic acid groups (broad SMARTS) is 1. The van der Waals surface area contributed by atoms with E-state index in [-0.39, 0.29) is 12.3 Å². The smallest absolute Gasteiger partial charge is 0.307 e. The summed E-state index contributed by atoms with van der Waals surface area (Å²) in [5, 5.41) is 9.64. The molecule has 0 aromatic heterocycles. The molecule has 3 rings (SSSR count). The lowest BCUT2D eigenvalue weighted by atomic mass is 9.82. The summed E-state index contributed by atoms with van der Waals surface area (Å²) in [6, 6.07) is 7.49. The van der Waals surface area contributed by atoms with Gasteiger partial charge >= 0.3 is 5.97 Å². The predicted molar refractivity (Wildman–Crippen MR) is 99.1 cm³/mol. The highest BCUT2D eigenvalue weighted by Gasteiger charge is 2.37. The van der Waals surface area contributed by atoms with Crippen molar-refractivity contribution in [1.29, 1.82) is 0 Å². The SMILES string of the molecule is CCOc1ccccc1CC(CC(=O)N1CC2CCCCC2C1)C(=O)O. The number of benzene rings is 1. The molecule has 5 nitrogen and oxygen atoms in total. The van der Waals surface area contributed by atoms with Crippen LogP contribution in [-0.2, 0) is 16.0 Å². The second-order valence-electron chi connectivity index (χ2n) is 7.59. The number of nitrogens with zero attached hydrogens (tertiary/aromatic N) is 1. The second-order valence-corrected chi connectivity index (χ2v) is 7.59. The van der Waals surface area contributed by atoms with Crippen LogP contribution in [0.5, 0.6) is 5.75 Å². The minimum Gasteiger partial charge on any atom is -0.494 e. The quantitative estimate of drug-likeness (QED) is 0.810. The van der Waals surface area contributed by atoms with Crippen molar-refractivity contribution in [2.75, 3.05) is 19.7 Å². The molecule has 1 saturated heterocycles. The van der Waals surface area contributed by atoms with E-state index in [1.165, 1.54) is 25.7 Å². The van der Waals surface area contributed by atoms with E-state index in [4.69, 9.17) is 4.74 Å². The highest BCUT2D eigenvalue weighted by atomic mass is 16.5. The Morgan fingerprint density at radius 2 is 1.85 bits per heavy atom. The first-order valence-corrected chi connectivity index (χ1v) is 9.79. The summed E-state index contributed by atoms with van der Waals surface area (Å²) in [6.45, 7) is 4.06. The highest BCUT2D eigenvalue weighted by molar-refractivity contribution is 5.82. The molecule has 26 heavy (non-hydrogen) atoms. The van der Waals surface area contributed by atoms with Crippen molar-refractivity contribution in [1.82, 2.24) is 4.90 Å². The van der Waals surface area contributed by atoms with E-state index in [9.17, 15) is 14.7 Å². The van der Waals surface area contributed by atoms with Crippen LogP contribution >= 0.6 is 0 Å². The summed E-state index contributed by atoms with van der Waals surface area (Å²) in [5.74, 6) is 0.305. The molecule has 1 aromatic rings. The summed E-state index contributed by atoms with van der Waals surface area (Å²) >= 11 is 0. The highest BCUT2D eigenvalue weighted by Crippen LogP contribution is 2.36.